The molecule has 40 heavy (non-hydrogen) atoms. The molecule has 3 aliphatic heterocycles. The molecule has 0 saturated carbocycles. The molecule has 0 aliphatic carbocycles. The molecule has 0 bridgehead atoms. The van der Waals surface area contributed by atoms with E-state index in [1.54, 1.807) is 18.7 Å². The zero-order chi connectivity index (χ0) is 29.4. The van der Waals surface area contributed by atoms with Gasteiger partial charge < -0.3 is 14.7 Å². The number of carbonyl (C=O) groups excluding carboxylic acids is 1. The minimum atomic E-state index is -4.84. The average molecular weight is 583 g/mol. The fourth-order valence-electron chi connectivity index (χ4n) is 5.55. The SMILES string of the molecule is C[C@@H]1CN(c2ncnc3c2C(C)(C)CN3c2cc(C#N)c(C(F)(F)F)nn2)[C@@H](C)CN1C(=O)[C@@]1(F)CCS1(=O)=O. The van der Waals surface area contributed by atoms with E-state index in [0.717, 1.165) is 6.07 Å². The molecule has 5 rings (SSSR count). The molecular weight excluding hydrogens is 556 g/mol. The molecule has 3 atom stereocenters. The molecule has 2 aromatic rings. The van der Waals surface area contributed by atoms with Gasteiger partial charge in [-0.15, -0.1) is 10.2 Å². The second-order valence-electron chi connectivity index (χ2n) is 11.0. The molecule has 0 spiro atoms. The van der Waals surface area contributed by atoms with E-state index in [2.05, 4.69) is 20.2 Å². The molecule has 0 aromatic carbocycles. The van der Waals surface area contributed by atoms with E-state index in [4.69, 9.17) is 0 Å². The van der Waals surface area contributed by atoms with Crippen molar-refractivity contribution in [2.45, 2.75) is 62.8 Å². The molecule has 0 unspecified atom stereocenters. The predicted octanol–water partition coefficient (Wildman–Crippen LogP) is 2.50. The summed E-state index contributed by atoms with van der Waals surface area (Å²) in [5.41, 5.74) is -1.99. The molecule has 2 saturated heterocycles. The Labute approximate surface area is 227 Å². The maximum Gasteiger partial charge on any atom is 0.436 e. The molecular formula is C24H26F4N8O3S. The molecule has 0 radical (unpaired) electrons. The topological polar surface area (TPSA) is 136 Å². The molecule has 11 nitrogen and oxygen atoms in total. The molecule has 2 aromatic heterocycles. The van der Waals surface area contributed by atoms with Crippen molar-refractivity contribution in [3.63, 3.8) is 0 Å². The van der Waals surface area contributed by atoms with E-state index in [-0.39, 0.29) is 43.7 Å². The first-order chi connectivity index (χ1) is 18.5. The summed E-state index contributed by atoms with van der Waals surface area (Å²) in [6.45, 7) is 7.85. The number of halogens is 4. The highest BCUT2D eigenvalue weighted by molar-refractivity contribution is 7.94. The van der Waals surface area contributed by atoms with Crippen molar-refractivity contribution in [1.82, 2.24) is 25.1 Å². The lowest BCUT2D eigenvalue weighted by Gasteiger charge is -2.47. The summed E-state index contributed by atoms with van der Waals surface area (Å²) in [5, 5.41) is 13.5. The predicted molar refractivity (Wildman–Crippen MR) is 134 cm³/mol. The molecule has 214 valence electrons. The summed E-state index contributed by atoms with van der Waals surface area (Å²) in [4.78, 5) is 26.6. The minimum absolute atomic E-state index is 0.0211. The van der Waals surface area contributed by atoms with Crippen molar-refractivity contribution in [3.8, 4) is 6.07 Å². The van der Waals surface area contributed by atoms with Crippen LogP contribution in [0.3, 0.4) is 0 Å². The lowest BCUT2D eigenvalue weighted by Crippen LogP contribution is -2.66. The van der Waals surface area contributed by atoms with Gasteiger partial charge in [0, 0.05) is 55.2 Å². The third-order valence-corrected chi connectivity index (χ3v) is 9.87. The van der Waals surface area contributed by atoms with Crippen LogP contribution in [-0.2, 0) is 26.2 Å². The number of nitrogens with zero attached hydrogens (tertiary/aromatic N) is 8. The Bertz CT molecular complexity index is 1540. The van der Waals surface area contributed by atoms with Gasteiger partial charge in [-0.3, -0.25) is 4.79 Å². The van der Waals surface area contributed by atoms with Crippen LogP contribution in [0.25, 0.3) is 0 Å². The quantitative estimate of drug-likeness (QED) is 0.497. The lowest BCUT2D eigenvalue weighted by atomic mass is 9.87. The van der Waals surface area contributed by atoms with E-state index in [9.17, 15) is 31.6 Å². The van der Waals surface area contributed by atoms with Gasteiger partial charge in [0.25, 0.3) is 10.9 Å². The first-order valence-electron chi connectivity index (χ1n) is 12.5. The maximum atomic E-state index is 15.1. The van der Waals surface area contributed by atoms with Crippen LogP contribution in [0.15, 0.2) is 12.4 Å². The number of hydrogen-bond donors (Lipinski definition) is 0. The number of rotatable bonds is 3. The third kappa shape index (κ3) is 4.13. The summed E-state index contributed by atoms with van der Waals surface area (Å²) in [7, 11) is -4.14. The van der Waals surface area contributed by atoms with Crippen molar-refractivity contribution in [2.24, 2.45) is 0 Å². The van der Waals surface area contributed by atoms with Crippen molar-refractivity contribution in [3.05, 3.63) is 29.2 Å². The molecule has 5 heterocycles. The molecule has 16 heteroatoms. The van der Waals surface area contributed by atoms with E-state index < -0.39 is 49.6 Å². The third-order valence-electron chi connectivity index (χ3n) is 7.76. The number of nitriles is 1. The highest BCUT2D eigenvalue weighted by Crippen LogP contribution is 2.47. The largest absolute Gasteiger partial charge is 0.436 e. The van der Waals surface area contributed by atoms with Crippen LogP contribution in [-0.4, -0.2) is 81.9 Å². The number of sulfone groups is 1. The Balaban J connectivity index is 1.48. The number of carbonyl (C=O) groups is 1. The fourth-order valence-corrected chi connectivity index (χ4v) is 6.83. The summed E-state index contributed by atoms with van der Waals surface area (Å²) in [5.74, 6) is -0.485. The van der Waals surface area contributed by atoms with Gasteiger partial charge in [0.2, 0.25) is 0 Å². The summed E-state index contributed by atoms with van der Waals surface area (Å²) in [6.07, 6.45) is -3.90. The van der Waals surface area contributed by atoms with Crippen LogP contribution >= 0.6 is 0 Å². The van der Waals surface area contributed by atoms with Crippen LogP contribution in [0.5, 0.6) is 0 Å². The Morgan fingerprint density at radius 2 is 1.80 bits per heavy atom. The number of anilines is 3. The minimum Gasteiger partial charge on any atom is -0.350 e. The van der Waals surface area contributed by atoms with Gasteiger partial charge >= 0.3 is 6.18 Å². The highest BCUT2D eigenvalue weighted by Gasteiger charge is 2.61. The number of amides is 1. The summed E-state index contributed by atoms with van der Waals surface area (Å²) in [6, 6.07) is 1.63. The van der Waals surface area contributed by atoms with E-state index >= 15 is 4.39 Å². The summed E-state index contributed by atoms with van der Waals surface area (Å²) < 4.78 is 78.9. The lowest BCUT2D eigenvalue weighted by molar-refractivity contribution is -0.143. The van der Waals surface area contributed by atoms with E-state index in [1.807, 2.05) is 18.7 Å². The molecule has 0 N–H and O–H groups in total. The van der Waals surface area contributed by atoms with Crippen molar-refractivity contribution < 1.29 is 30.8 Å². The fraction of sp³-hybridized carbons (Fsp3) is 0.583. The first kappa shape index (κ1) is 27.9. The average Bonchev–Trinajstić information content (AvgIpc) is 3.18. The Morgan fingerprint density at radius 1 is 1.12 bits per heavy atom. The highest BCUT2D eigenvalue weighted by atomic mass is 32.2. The van der Waals surface area contributed by atoms with Crippen molar-refractivity contribution in [1.29, 1.82) is 5.26 Å². The van der Waals surface area contributed by atoms with Gasteiger partial charge in [-0.05, 0) is 13.8 Å². The van der Waals surface area contributed by atoms with Crippen LogP contribution in [0.2, 0.25) is 0 Å². The smallest absolute Gasteiger partial charge is 0.350 e. The normalized spacial score (nSPS) is 27.1. The molecule has 3 aliphatic rings. The number of piperazine rings is 1. The van der Waals surface area contributed by atoms with Crippen molar-refractivity contribution >= 4 is 33.2 Å². The van der Waals surface area contributed by atoms with Crippen LogP contribution < -0.4 is 9.80 Å². The Hall–Kier alpha value is -3.61. The number of alkyl halides is 4. The molecule has 1 amide bonds. The van der Waals surface area contributed by atoms with Gasteiger partial charge in [0.15, 0.2) is 21.3 Å². The van der Waals surface area contributed by atoms with Gasteiger partial charge in [0.1, 0.15) is 24.0 Å². The standard InChI is InChI=1S/C24H26F4N8O3S/c1-13-10-35(21(37)23(25)5-6-40(23,38)39)14(2)9-34(13)19-17-20(31-12-30-19)36(11-22(17,3)4)16-7-15(8-29)18(33-32-16)24(26,27)28/h7,12-14H,5-6,9-11H2,1-4H3/t13-,14+,23+/m0/s1. The molecule has 2 fully saturated rings. The first-order valence-corrected chi connectivity index (χ1v) is 14.1. The van der Waals surface area contributed by atoms with Gasteiger partial charge in [-0.1, -0.05) is 13.8 Å². The number of fused-ring (bicyclic) bond motifs is 1. The number of aromatic nitrogens is 4. The zero-order valence-corrected chi connectivity index (χ0v) is 22.9. The second kappa shape index (κ2) is 8.95. The van der Waals surface area contributed by atoms with E-state index in [0.29, 0.717) is 17.2 Å². The second-order valence-corrected chi connectivity index (χ2v) is 13.3. The number of hydrogen-bond acceptors (Lipinski definition) is 10. The zero-order valence-electron chi connectivity index (χ0n) is 22.1. The van der Waals surface area contributed by atoms with Crippen LogP contribution in [0.4, 0.5) is 35.0 Å². The van der Waals surface area contributed by atoms with Crippen LogP contribution in [0, 0.1) is 11.3 Å². The van der Waals surface area contributed by atoms with Gasteiger partial charge in [0.05, 0.1) is 11.3 Å². The van der Waals surface area contributed by atoms with Crippen molar-refractivity contribution in [2.75, 3.05) is 35.2 Å². The Morgan fingerprint density at radius 3 is 2.38 bits per heavy atom. The summed E-state index contributed by atoms with van der Waals surface area (Å²) >= 11 is 0. The van der Waals surface area contributed by atoms with Gasteiger partial charge in [-0.25, -0.2) is 22.8 Å². The van der Waals surface area contributed by atoms with Crippen LogP contribution in [0.1, 0.15) is 50.9 Å². The van der Waals surface area contributed by atoms with E-state index in [1.165, 1.54) is 17.3 Å². The Kier molecular flexibility index (Phi) is 6.25. The maximum absolute atomic E-state index is 15.1. The monoisotopic (exact) mass is 582 g/mol. The van der Waals surface area contributed by atoms with Gasteiger partial charge in [-0.2, -0.15) is 18.4 Å².